The van der Waals surface area contributed by atoms with Crippen LogP contribution in [-0.2, 0) is 19.0 Å². The summed E-state index contributed by atoms with van der Waals surface area (Å²) in [4.78, 5) is 25.0. The number of esters is 1. The second kappa shape index (κ2) is 4.10. The Kier molecular flexibility index (Phi) is 2.76. The summed E-state index contributed by atoms with van der Waals surface area (Å²) in [5, 5.41) is 9.39. The van der Waals surface area contributed by atoms with E-state index in [-0.39, 0.29) is 18.2 Å². The van der Waals surface area contributed by atoms with Gasteiger partial charge in [-0.2, -0.15) is 5.26 Å². The van der Waals surface area contributed by atoms with Crippen LogP contribution in [0.1, 0.15) is 34.1 Å². The van der Waals surface area contributed by atoms with Crippen LogP contribution in [0.15, 0.2) is 0 Å². The van der Waals surface area contributed by atoms with Crippen molar-refractivity contribution in [2.24, 2.45) is 0 Å². The van der Waals surface area contributed by atoms with E-state index < -0.39 is 29.4 Å². The maximum Gasteiger partial charge on any atom is 0.411 e. The van der Waals surface area contributed by atoms with Crippen LogP contribution in [-0.4, -0.2) is 52.5 Å². The number of carbonyl (C=O) groups excluding carboxylic acids is 2. The lowest BCUT2D eigenvalue weighted by Gasteiger charge is -2.26. The van der Waals surface area contributed by atoms with Gasteiger partial charge in [-0.05, 0) is 20.8 Å². The number of nitrogens with zero attached hydrogens (tertiary/aromatic N) is 2. The van der Waals surface area contributed by atoms with Gasteiger partial charge in [-0.15, -0.1) is 0 Å². The van der Waals surface area contributed by atoms with E-state index in [0.717, 1.165) is 0 Å². The van der Waals surface area contributed by atoms with E-state index in [2.05, 4.69) is 6.07 Å². The highest BCUT2D eigenvalue weighted by Gasteiger charge is 2.77. The molecular weight excluding hydrogens is 276 g/mol. The highest BCUT2D eigenvalue weighted by Crippen LogP contribution is 2.56. The second-order valence-electron chi connectivity index (χ2n) is 6.76. The summed E-state index contributed by atoms with van der Waals surface area (Å²) in [7, 11) is 0. The largest absolute Gasteiger partial charge is 0.444 e. The fourth-order valence-electron chi connectivity index (χ4n) is 3.36. The zero-order valence-corrected chi connectivity index (χ0v) is 12.5. The van der Waals surface area contributed by atoms with Crippen LogP contribution < -0.4 is 0 Å². The highest BCUT2D eigenvalue weighted by molar-refractivity contribution is 5.74. The van der Waals surface area contributed by atoms with Gasteiger partial charge in [0.25, 0.3) is 0 Å². The van der Waals surface area contributed by atoms with E-state index >= 15 is 0 Å². The summed E-state index contributed by atoms with van der Waals surface area (Å²) in [6.45, 7) is 6.66. The molecule has 3 saturated heterocycles. The van der Waals surface area contributed by atoms with Gasteiger partial charge < -0.3 is 14.2 Å². The zero-order valence-electron chi connectivity index (χ0n) is 12.5. The van der Waals surface area contributed by atoms with Gasteiger partial charge in [0, 0.05) is 13.3 Å². The maximum atomic E-state index is 12.1. The Morgan fingerprint density at radius 3 is 2.57 bits per heavy atom. The summed E-state index contributed by atoms with van der Waals surface area (Å²) in [6, 6.07) is 1.75. The summed E-state index contributed by atoms with van der Waals surface area (Å²) in [5.74, 6) is -0.520. The molecular formula is C14H18N2O5. The molecule has 3 aliphatic heterocycles. The molecule has 0 unspecified atom stereocenters. The van der Waals surface area contributed by atoms with E-state index in [4.69, 9.17) is 14.2 Å². The van der Waals surface area contributed by atoms with Crippen LogP contribution in [0.4, 0.5) is 4.79 Å². The first-order chi connectivity index (χ1) is 9.68. The summed E-state index contributed by atoms with van der Waals surface area (Å²) in [6.07, 6.45) is -0.971. The van der Waals surface area contributed by atoms with Gasteiger partial charge in [-0.1, -0.05) is 0 Å². The lowest BCUT2D eigenvalue weighted by atomic mass is 9.86. The molecule has 5 atom stereocenters. The third kappa shape index (κ3) is 2.05. The van der Waals surface area contributed by atoms with Gasteiger partial charge >= 0.3 is 12.1 Å². The van der Waals surface area contributed by atoms with Gasteiger partial charge in [0.05, 0.1) is 18.2 Å². The molecule has 3 rings (SSSR count). The molecule has 7 heteroatoms. The fraction of sp³-hybridized carbons (Fsp3) is 0.786. The molecule has 2 bridgehead atoms. The van der Waals surface area contributed by atoms with Gasteiger partial charge in [-0.25, -0.2) is 4.79 Å². The SMILES string of the molecule is CC(=O)O[C@]1(C#N)C[C@H]2O[C@@H]1[C@H]1[C@@H]2N1C(=O)OC(C)(C)C. The minimum absolute atomic E-state index is 0.0677. The molecule has 0 aromatic carbocycles. The lowest BCUT2D eigenvalue weighted by Crippen LogP contribution is -2.46. The van der Waals surface area contributed by atoms with Crippen molar-refractivity contribution in [1.29, 1.82) is 5.26 Å². The molecule has 3 heterocycles. The van der Waals surface area contributed by atoms with E-state index in [9.17, 15) is 14.9 Å². The van der Waals surface area contributed by atoms with Crippen LogP contribution in [0, 0.1) is 11.3 Å². The Labute approximate surface area is 122 Å². The molecule has 1 amide bonds. The molecule has 21 heavy (non-hydrogen) atoms. The average Bonchev–Trinajstić information content (AvgIpc) is 2.85. The van der Waals surface area contributed by atoms with E-state index in [0.29, 0.717) is 6.42 Å². The minimum Gasteiger partial charge on any atom is -0.444 e. The molecule has 3 fully saturated rings. The number of amides is 1. The molecule has 0 radical (unpaired) electrons. The first-order valence-electron chi connectivity index (χ1n) is 6.96. The molecule has 0 aromatic rings. The number of rotatable bonds is 1. The van der Waals surface area contributed by atoms with Crippen molar-refractivity contribution < 1.29 is 23.8 Å². The van der Waals surface area contributed by atoms with Crippen LogP contribution in [0.3, 0.4) is 0 Å². The molecule has 0 saturated carbocycles. The smallest absolute Gasteiger partial charge is 0.411 e. The Bertz CT molecular complexity index is 549. The summed E-state index contributed by atoms with van der Waals surface area (Å²) >= 11 is 0. The molecule has 114 valence electrons. The Balaban J connectivity index is 1.75. The monoisotopic (exact) mass is 294 g/mol. The van der Waals surface area contributed by atoms with Crippen molar-refractivity contribution in [2.45, 2.75) is 69.6 Å². The van der Waals surface area contributed by atoms with E-state index in [1.807, 2.05) is 0 Å². The van der Waals surface area contributed by atoms with Gasteiger partial charge in [0.15, 0.2) is 0 Å². The molecule has 7 nitrogen and oxygen atoms in total. The Morgan fingerprint density at radius 2 is 2.05 bits per heavy atom. The van der Waals surface area contributed by atoms with Gasteiger partial charge in [-0.3, -0.25) is 9.69 Å². The topological polar surface area (TPSA) is 88.6 Å². The molecule has 3 aliphatic rings. The Morgan fingerprint density at radius 1 is 1.38 bits per heavy atom. The first-order valence-corrected chi connectivity index (χ1v) is 6.96. The van der Waals surface area contributed by atoms with Crippen LogP contribution in [0.25, 0.3) is 0 Å². The Hall–Kier alpha value is -1.81. The van der Waals surface area contributed by atoms with Gasteiger partial charge in [0.2, 0.25) is 5.60 Å². The first kappa shape index (κ1) is 14.1. The van der Waals surface area contributed by atoms with Crippen molar-refractivity contribution in [3.8, 4) is 6.07 Å². The van der Waals surface area contributed by atoms with Crippen molar-refractivity contribution in [1.82, 2.24) is 4.90 Å². The number of ether oxygens (including phenoxy) is 3. The molecule has 0 spiro atoms. The lowest BCUT2D eigenvalue weighted by molar-refractivity contribution is -0.156. The molecule has 0 N–H and O–H groups in total. The van der Waals surface area contributed by atoms with Crippen molar-refractivity contribution in [2.75, 3.05) is 0 Å². The average molecular weight is 294 g/mol. The van der Waals surface area contributed by atoms with E-state index in [1.165, 1.54) is 6.92 Å². The highest BCUT2D eigenvalue weighted by atomic mass is 16.6. The maximum absolute atomic E-state index is 12.1. The number of hydrogen-bond donors (Lipinski definition) is 0. The van der Waals surface area contributed by atoms with E-state index in [1.54, 1.807) is 25.7 Å². The number of likely N-dealkylation sites (tertiary alicyclic amines) is 1. The van der Waals surface area contributed by atoms with Gasteiger partial charge in [0.1, 0.15) is 17.8 Å². The predicted octanol–water partition coefficient (Wildman–Crippen LogP) is 0.971. The second-order valence-corrected chi connectivity index (χ2v) is 6.76. The summed E-state index contributed by atoms with van der Waals surface area (Å²) < 4.78 is 16.3. The zero-order chi connectivity index (χ0) is 15.6. The van der Waals surface area contributed by atoms with Crippen molar-refractivity contribution >= 4 is 12.1 Å². The van der Waals surface area contributed by atoms with Crippen molar-refractivity contribution in [3.05, 3.63) is 0 Å². The number of nitriles is 1. The minimum atomic E-state index is -1.28. The third-order valence-corrected chi connectivity index (χ3v) is 4.00. The fourth-order valence-corrected chi connectivity index (χ4v) is 3.36. The number of carbonyl (C=O) groups is 2. The standard InChI is InChI=1S/C14H18N2O5/c1-7(17)20-14(6-15)5-8-9-10(11(14)19-8)16(9)12(18)21-13(2,3)4/h8-11H,5H2,1-4H3/t8-,9-,10-,11-,14+,16?/m1/s1. The quantitative estimate of drug-likeness (QED) is 0.529. The summed E-state index contributed by atoms with van der Waals surface area (Å²) in [5.41, 5.74) is -1.86. The third-order valence-electron chi connectivity index (χ3n) is 4.00. The van der Waals surface area contributed by atoms with Crippen LogP contribution in [0.5, 0.6) is 0 Å². The normalized spacial score (nSPS) is 39.5. The number of hydrogen-bond acceptors (Lipinski definition) is 6. The molecule has 0 aliphatic carbocycles. The van der Waals surface area contributed by atoms with Crippen LogP contribution in [0.2, 0.25) is 0 Å². The van der Waals surface area contributed by atoms with Crippen LogP contribution >= 0.6 is 0 Å². The predicted molar refractivity (Wildman–Crippen MR) is 69.0 cm³/mol. The number of fused-ring (bicyclic) bond motifs is 5. The molecule has 0 aromatic heterocycles. The number of morpholine rings is 1. The van der Waals surface area contributed by atoms with Crippen molar-refractivity contribution in [3.63, 3.8) is 0 Å².